The van der Waals surface area contributed by atoms with Gasteiger partial charge >= 0.3 is 0 Å². The molecule has 4 bridgehead atoms. The van der Waals surface area contributed by atoms with Gasteiger partial charge in [-0.3, -0.25) is 4.79 Å². The highest BCUT2D eigenvalue weighted by Gasteiger charge is 2.50. The fraction of sp³-hybridized carbons (Fsp3) is 0.722. The second-order valence-corrected chi connectivity index (χ2v) is 9.12. The van der Waals surface area contributed by atoms with Crippen molar-refractivity contribution in [2.24, 2.45) is 23.2 Å². The summed E-state index contributed by atoms with van der Waals surface area (Å²) in [7, 11) is 0. The molecule has 4 fully saturated rings. The van der Waals surface area contributed by atoms with Crippen molar-refractivity contribution in [2.45, 2.75) is 51.9 Å². The summed E-state index contributed by atoms with van der Waals surface area (Å²) in [5.41, 5.74) is 0.577. The van der Waals surface area contributed by atoms with E-state index in [0.29, 0.717) is 5.41 Å². The number of hydrogen-bond acceptors (Lipinski definition) is 2. The van der Waals surface area contributed by atoms with Crippen LogP contribution in [0.2, 0.25) is 0 Å². The van der Waals surface area contributed by atoms with Gasteiger partial charge in [0.2, 0.25) is 0 Å². The van der Waals surface area contributed by atoms with Crippen LogP contribution < -0.4 is 5.32 Å². The Kier molecular flexibility index (Phi) is 3.36. The Morgan fingerprint density at radius 3 is 2.33 bits per heavy atom. The molecule has 0 atom stereocenters. The van der Waals surface area contributed by atoms with Gasteiger partial charge in [-0.15, -0.1) is 11.3 Å². The molecule has 0 radical (unpaired) electrons. The molecule has 5 rings (SSSR count). The maximum absolute atomic E-state index is 12.1. The van der Waals surface area contributed by atoms with E-state index in [1.54, 1.807) is 11.3 Å². The van der Waals surface area contributed by atoms with Gasteiger partial charge in [-0.05, 0) is 87.2 Å². The molecule has 1 heterocycles. The fourth-order valence-corrected chi connectivity index (χ4v) is 6.46. The van der Waals surface area contributed by atoms with Crippen molar-refractivity contribution >= 4 is 17.2 Å². The third kappa shape index (κ3) is 2.65. The van der Waals surface area contributed by atoms with E-state index < -0.39 is 0 Å². The van der Waals surface area contributed by atoms with Crippen LogP contribution in [0.3, 0.4) is 0 Å². The monoisotopic (exact) mass is 303 g/mol. The molecule has 0 saturated heterocycles. The number of hydrogen-bond donors (Lipinski definition) is 1. The van der Waals surface area contributed by atoms with E-state index in [0.717, 1.165) is 29.2 Å². The highest BCUT2D eigenvalue weighted by atomic mass is 32.1. The second-order valence-electron chi connectivity index (χ2n) is 7.83. The lowest BCUT2D eigenvalue weighted by molar-refractivity contribution is -0.0564. The molecule has 114 valence electrons. The van der Waals surface area contributed by atoms with E-state index in [1.165, 1.54) is 49.8 Å². The van der Waals surface area contributed by atoms with E-state index in [-0.39, 0.29) is 5.91 Å². The van der Waals surface area contributed by atoms with Crippen LogP contribution >= 0.6 is 11.3 Å². The van der Waals surface area contributed by atoms with Crippen LogP contribution in [0, 0.1) is 30.1 Å². The Balaban J connectivity index is 1.34. The average molecular weight is 303 g/mol. The van der Waals surface area contributed by atoms with Crippen LogP contribution in [0.1, 0.15) is 59.5 Å². The zero-order chi connectivity index (χ0) is 14.4. The molecule has 0 spiro atoms. The summed E-state index contributed by atoms with van der Waals surface area (Å²) in [5, 5.41) is 3.16. The Morgan fingerprint density at radius 1 is 1.19 bits per heavy atom. The molecule has 21 heavy (non-hydrogen) atoms. The van der Waals surface area contributed by atoms with Crippen LogP contribution in [-0.2, 0) is 0 Å². The largest absolute Gasteiger partial charge is 0.351 e. The number of carbonyl (C=O) groups is 1. The first-order chi connectivity index (χ1) is 10.1. The Morgan fingerprint density at radius 2 is 1.81 bits per heavy atom. The summed E-state index contributed by atoms with van der Waals surface area (Å²) < 4.78 is 0. The highest BCUT2D eigenvalue weighted by molar-refractivity contribution is 7.13. The van der Waals surface area contributed by atoms with Crippen LogP contribution in [0.15, 0.2) is 12.1 Å². The minimum Gasteiger partial charge on any atom is -0.351 e. The summed E-state index contributed by atoms with van der Waals surface area (Å²) >= 11 is 1.59. The standard InChI is InChI=1S/C18H25NOS/c1-12-2-3-16(21-12)17(20)19-5-4-18-9-13-6-14(10-18)8-15(7-13)11-18/h2-3,13-15H,4-11H2,1H3,(H,19,20). The molecule has 4 saturated carbocycles. The predicted molar refractivity (Wildman–Crippen MR) is 86.6 cm³/mol. The molecule has 1 N–H and O–H groups in total. The summed E-state index contributed by atoms with van der Waals surface area (Å²) in [6.07, 6.45) is 10.0. The highest BCUT2D eigenvalue weighted by Crippen LogP contribution is 2.61. The van der Waals surface area contributed by atoms with Gasteiger partial charge in [-0.1, -0.05) is 0 Å². The summed E-state index contributed by atoms with van der Waals surface area (Å²) in [6, 6.07) is 3.97. The lowest BCUT2D eigenvalue weighted by atomic mass is 9.49. The molecule has 1 aromatic heterocycles. The molecule has 1 aromatic rings. The van der Waals surface area contributed by atoms with E-state index in [9.17, 15) is 4.79 Å². The van der Waals surface area contributed by atoms with E-state index in [1.807, 2.05) is 12.1 Å². The van der Waals surface area contributed by atoms with Crippen LogP contribution in [-0.4, -0.2) is 12.5 Å². The Hall–Kier alpha value is -0.830. The molecule has 1 amide bonds. The smallest absolute Gasteiger partial charge is 0.261 e. The van der Waals surface area contributed by atoms with Crippen molar-refractivity contribution in [3.05, 3.63) is 21.9 Å². The summed E-state index contributed by atoms with van der Waals surface area (Å²) in [5.74, 6) is 3.14. The van der Waals surface area contributed by atoms with Gasteiger partial charge in [-0.2, -0.15) is 0 Å². The van der Waals surface area contributed by atoms with Crippen LogP contribution in [0.4, 0.5) is 0 Å². The first-order valence-electron chi connectivity index (χ1n) is 8.47. The Bertz CT molecular complexity index is 512. The molecule has 0 aliphatic heterocycles. The third-order valence-corrected chi connectivity index (χ3v) is 7.07. The lowest BCUT2D eigenvalue weighted by Crippen LogP contribution is -2.47. The average Bonchev–Trinajstić information content (AvgIpc) is 2.83. The number of thiophene rings is 1. The van der Waals surface area contributed by atoms with Gasteiger partial charge in [0.1, 0.15) is 0 Å². The number of rotatable bonds is 4. The molecule has 4 aliphatic carbocycles. The zero-order valence-electron chi connectivity index (χ0n) is 12.9. The maximum Gasteiger partial charge on any atom is 0.261 e. The quantitative estimate of drug-likeness (QED) is 0.878. The van der Waals surface area contributed by atoms with Crippen molar-refractivity contribution in [1.29, 1.82) is 0 Å². The molecule has 4 aliphatic rings. The van der Waals surface area contributed by atoms with Crippen molar-refractivity contribution in [2.75, 3.05) is 6.54 Å². The minimum atomic E-state index is 0.123. The van der Waals surface area contributed by atoms with Crippen molar-refractivity contribution in [1.82, 2.24) is 5.32 Å². The summed E-state index contributed by atoms with van der Waals surface area (Å²) in [6.45, 7) is 2.92. The van der Waals surface area contributed by atoms with E-state index in [2.05, 4.69) is 12.2 Å². The number of nitrogens with one attached hydrogen (secondary N) is 1. The van der Waals surface area contributed by atoms with E-state index in [4.69, 9.17) is 0 Å². The molecule has 2 nitrogen and oxygen atoms in total. The van der Waals surface area contributed by atoms with Crippen LogP contribution in [0.25, 0.3) is 0 Å². The fourth-order valence-electron chi connectivity index (χ4n) is 5.68. The SMILES string of the molecule is Cc1ccc(C(=O)NCCC23CC4CC(CC(C4)C2)C3)s1. The molecular formula is C18H25NOS. The van der Waals surface area contributed by atoms with Gasteiger partial charge in [0.15, 0.2) is 0 Å². The Labute approximate surface area is 131 Å². The number of amides is 1. The minimum absolute atomic E-state index is 0.123. The van der Waals surface area contributed by atoms with Crippen molar-refractivity contribution in [3.8, 4) is 0 Å². The van der Waals surface area contributed by atoms with Gasteiger partial charge < -0.3 is 5.32 Å². The van der Waals surface area contributed by atoms with Gasteiger partial charge in [0.05, 0.1) is 4.88 Å². The van der Waals surface area contributed by atoms with Gasteiger partial charge in [-0.25, -0.2) is 0 Å². The number of carbonyl (C=O) groups excluding carboxylic acids is 1. The lowest BCUT2D eigenvalue weighted by Gasteiger charge is -2.57. The number of aryl methyl sites for hydroxylation is 1. The molecule has 3 heteroatoms. The third-order valence-electron chi connectivity index (χ3n) is 6.07. The van der Waals surface area contributed by atoms with Gasteiger partial charge in [0.25, 0.3) is 5.91 Å². The molecule has 0 unspecified atom stereocenters. The van der Waals surface area contributed by atoms with Gasteiger partial charge in [0, 0.05) is 11.4 Å². The van der Waals surface area contributed by atoms with Crippen molar-refractivity contribution < 1.29 is 4.79 Å². The second kappa shape index (κ2) is 5.12. The summed E-state index contributed by atoms with van der Waals surface area (Å²) in [4.78, 5) is 14.2. The topological polar surface area (TPSA) is 29.1 Å². The predicted octanol–water partition coefficient (Wildman–Crippen LogP) is 4.39. The molecule has 0 aromatic carbocycles. The maximum atomic E-state index is 12.1. The molecular weight excluding hydrogens is 278 g/mol. The first kappa shape index (κ1) is 13.8. The normalized spacial score (nSPS) is 36.9. The van der Waals surface area contributed by atoms with E-state index >= 15 is 0 Å². The van der Waals surface area contributed by atoms with Crippen molar-refractivity contribution in [3.63, 3.8) is 0 Å². The zero-order valence-corrected chi connectivity index (χ0v) is 13.7. The first-order valence-corrected chi connectivity index (χ1v) is 9.28. The van der Waals surface area contributed by atoms with Crippen LogP contribution in [0.5, 0.6) is 0 Å².